The summed E-state index contributed by atoms with van der Waals surface area (Å²) in [4.78, 5) is 6.78. The van der Waals surface area contributed by atoms with Gasteiger partial charge in [0.1, 0.15) is 11.6 Å². The van der Waals surface area contributed by atoms with E-state index in [4.69, 9.17) is 4.74 Å². The third-order valence-electron chi connectivity index (χ3n) is 2.84. The number of piperazine rings is 1. The van der Waals surface area contributed by atoms with Crippen LogP contribution in [0.4, 0.5) is 5.82 Å². The van der Waals surface area contributed by atoms with Crippen molar-refractivity contribution in [3.8, 4) is 18.1 Å². The van der Waals surface area contributed by atoms with E-state index in [2.05, 4.69) is 34.5 Å². The predicted molar refractivity (Wildman–Crippen MR) is 79.7 cm³/mol. The molecule has 0 unspecified atom stereocenters. The molecule has 1 aliphatic heterocycles. The molecule has 0 spiro atoms. The first-order chi connectivity index (χ1) is 9.24. The van der Waals surface area contributed by atoms with E-state index in [1.165, 1.54) is 0 Å². The summed E-state index contributed by atoms with van der Waals surface area (Å²) in [6, 6.07) is 1.94. The van der Waals surface area contributed by atoms with Crippen molar-refractivity contribution in [3.63, 3.8) is 0 Å². The molecule has 4 nitrogen and oxygen atoms in total. The van der Waals surface area contributed by atoms with Crippen LogP contribution < -0.4 is 15.0 Å². The number of nitrogens with zero attached hydrogens (tertiary/aromatic N) is 2. The zero-order valence-electron chi connectivity index (χ0n) is 12.1. The highest BCUT2D eigenvalue weighted by Crippen LogP contribution is 2.26. The van der Waals surface area contributed by atoms with Crippen LogP contribution in [0.15, 0.2) is 12.3 Å². The number of rotatable bonds is 3. The van der Waals surface area contributed by atoms with Crippen LogP contribution >= 0.6 is 0 Å². The van der Waals surface area contributed by atoms with Crippen molar-refractivity contribution in [2.75, 3.05) is 37.7 Å². The van der Waals surface area contributed by atoms with Crippen LogP contribution in [0.5, 0.6) is 5.75 Å². The summed E-state index contributed by atoms with van der Waals surface area (Å²) in [5, 5.41) is 3.34. The van der Waals surface area contributed by atoms with Crippen molar-refractivity contribution < 1.29 is 4.74 Å². The van der Waals surface area contributed by atoms with Crippen LogP contribution in [-0.2, 0) is 0 Å². The molecule has 104 valence electrons. The highest BCUT2D eigenvalue weighted by molar-refractivity contribution is 5.53. The number of aromatic nitrogens is 1. The van der Waals surface area contributed by atoms with E-state index >= 15 is 0 Å². The third kappa shape index (κ3) is 4.46. The standard InChI is InChI=1S/C12H19N3O.C3H4/c1-3-16-11-4-5-14-12(10(11)2)15-8-6-13-7-9-15;1-3-2/h4-5,13H,3,6-9H2,1-2H3;1H,2H3. The van der Waals surface area contributed by atoms with E-state index in [0.29, 0.717) is 6.61 Å². The average molecular weight is 261 g/mol. The molecule has 0 bridgehead atoms. The maximum absolute atomic E-state index is 5.59. The summed E-state index contributed by atoms with van der Waals surface area (Å²) in [7, 11) is 0. The Kier molecular flexibility index (Phi) is 6.76. The molecule has 2 rings (SSSR count). The SMILES string of the molecule is C#CC.CCOc1ccnc(N2CCNCC2)c1C. The normalized spacial score (nSPS) is 14.1. The quantitative estimate of drug-likeness (QED) is 0.843. The lowest BCUT2D eigenvalue weighted by molar-refractivity contribution is 0.337. The zero-order chi connectivity index (χ0) is 14.1. The Bertz CT molecular complexity index is 420. The summed E-state index contributed by atoms with van der Waals surface area (Å²) < 4.78 is 5.59. The minimum absolute atomic E-state index is 0.700. The van der Waals surface area contributed by atoms with Gasteiger partial charge in [0.2, 0.25) is 0 Å². The minimum atomic E-state index is 0.700. The molecule has 19 heavy (non-hydrogen) atoms. The lowest BCUT2D eigenvalue weighted by atomic mass is 10.2. The van der Waals surface area contributed by atoms with Gasteiger partial charge in [0.25, 0.3) is 0 Å². The molecule has 1 aliphatic rings. The highest BCUT2D eigenvalue weighted by Gasteiger charge is 2.15. The Balaban J connectivity index is 0.000000550. The smallest absolute Gasteiger partial charge is 0.135 e. The molecule has 1 N–H and O–H groups in total. The van der Waals surface area contributed by atoms with Gasteiger partial charge in [-0.05, 0) is 26.8 Å². The molecule has 4 heteroatoms. The van der Waals surface area contributed by atoms with Crippen LogP contribution in [0.2, 0.25) is 0 Å². The van der Waals surface area contributed by atoms with Gasteiger partial charge in [0, 0.05) is 37.9 Å². The Labute approximate surface area is 116 Å². The van der Waals surface area contributed by atoms with E-state index in [9.17, 15) is 0 Å². The molecular formula is C15H23N3O. The van der Waals surface area contributed by atoms with Gasteiger partial charge in [-0.25, -0.2) is 4.98 Å². The van der Waals surface area contributed by atoms with E-state index in [0.717, 1.165) is 43.3 Å². The number of pyridine rings is 1. The van der Waals surface area contributed by atoms with Gasteiger partial charge in [0.05, 0.1) is 6.61 Å². The van der Waals surface area contributed by atoms with E-state index < -0.39 is 0 Å². The van der Waals surface area contributed by atoms with Crippen molar-refractivity contribution in [2.24, 2.45) is 0 Å². The van der Waals surface area contributed by atoms with Gasteiger partial charge < -0.3 is 15.0 Å². The summed E-state index contributed by atoms with van der Waals surface area (Å²) in [6.45, 7) is 10.5. The summed E-state index contributed by atoms with van der Waals surface area (Å²) in [5.41, 5.74) is 1.14. The second kappa shape index (κ2) is 8.39. The van der Waals surface area contributed by atoms with Gasteiger partial charge in [-0.3, -0.25) is 0 Å². The highest BCUT2D eigenvalue weighted by atomic mass is 16.5. The first-order valence-corrected chi connectivity index (χ1v) is 6.66. The monoisotopic (exact) mass is 261 g/mol. The first kappa shape index (κ1) is 15.3. The fraction of sp³-hybridized carbons (Fsp3) is 0.533. The average Bonchev–Trinajstić information content (AvgIpc) is 2.43. The first-order valence-electron chi connectivity index (χ1n) is 6.66. The fourth-order valence-electron chi connectivity index (χ4n) is 2.01. The number of nitrogens with one attached hydrogen (secondary N) is 1. The lowest BCUT2D eigenvalue weighted by Crippen LogP contribution is -2.44. The van der Waals surface area contributed by atoms with Gasteiger partial charge >= 0.3 is 0 Å². The van der Waals surface area contributed by atoms with Crippen molar-refractivity contribution in [2.45, 2.75) is 20.8 Å². The Hall–Kier alpha value is -1.73. The Morgan fingerprint density at radius 2 is 2.11 bits per heavy atom. The molecule has 0 saturated carbocycles. The van der Waals surface area contributed by atoms with Crippen molar-refractivity contribution in [3.05, 3.63) is 17.8 Å². The number of ether oxygens (including phenoxy) is 1. The van der Waals surface area contributed by atoms with Gasteiger partial charge in [0.15, 0.2) is 0 Å². The predicted octanol–water partition coefficient (Wildman–Crippen LogP) is 1.84. The van der Waals surface area contributed by atoms with Crippen LogP contribution in [0.1, 0.15) is 19.4 Å². The molecule has 0 atom stereocenters. The van der Waals surface area contributed by atoms with E-state index in [1.54, 1.807) is 6.92 Å². The van der Waals surface area contributed by atoms with Crippen molar-refractivity contribution in [1.29, 1.82) is 0 Å². The van der Waals surface area contributed by atoms with Crippen molar-refractivity contribution in [1.82, 2.24) is 10.3 Å². The Morgan fingerprint density at radius 1 is 1.47 bits per heavy atom. The second-order valence-corrected chi connectivity index (χ2v) is 4.22. The molecule has 0 radical (unpaired) electrons. The number of anilines is 1. The molecular weight excluding hydrogens is 238 g/mol. The van der Waals surface area contributed by atoms with Gasteiger partial charge in [-0.1, -0.05) is 0 Å². The minimum Gasteiger partial charge on any atom is -0.493 e. The van der Waals surface area contributed by atoms with E-state index in [-0.39, 0.29) is 0 Å². The van der Waals surface area contributed by atoms with E-state index in [1.807, 2.05) is 19.2 Å². The lowest BCUT2D eigenvalue weighted by Gasteiger charge is -2.29. The van der Waals surface area contributed by atoms with Crippen LogP contribution in [0, 0.1) is 19.3 Å². The van der Waals surface area contributed by atoms with Crippen LogP contribution in [0.25, 0.3) is 0 Å². The molecule has 0 amide bonds. The molecule has 0 aromatic carbocycles. The van der Waals surface area contributed by atoms with Gasteiger partial charge in [-0.15, -0.1) is 12.3 Å². The number of hydrogen-bond donors (Lipinski definition) is 1. The summed E-state index contributed by atoms with van der Waals surface area (Å²) in [6.07, 6.45) is 6.43. The largest absolute Gasteiger partial charge is 0.493 e. The molecule has 1 saturated heterocycles. The van der Waals surface area contributed by atoms with Gasteiger partial charge in [-0.2, -0.15) is 0 Å². The van der Waals surface area contributed by atoms with Crippen LogP contribution in [0.3, 0.4) is 0 Å². The van der Waals surface area contributed by atoms with Crippen molar-refractivity contribution >= 4 is 5.82 Å². The number of terminal acetylenes is 1. The fourth-order valence-corrected chi connectivity index (χ4v) is 2.01. The molecule has 1 aromatic rings. The molecule has 2 heterocycles. The summed E-state index contributed by atoms with van der Waals surface area (Å²) >= 11 is 0. The molecule has 1 aromatic heterocycles. The zero-order valence-corrected chi connectivity index (χ0v) is 12.1. The topological polar surface area (TPSA) is 37.4 Å². The number of hydrogen-bond acceptors (Lipinski definition) is 4. The van der Waals surface area contributed by atoms with Crippen LogP contribution in [-0.4, -0.2) is 37.8 Å². The maximum atomic E-state index is 5.59. The maximum Gasteiger partial charge on any atom is 0.135 e. The Morgan fingerprint density at radius 3 is 2.68 bits per heavy atom. The third-order valence-corrected chi connectivity index (χ3v) is 2.84. The second-order valence-electron chi connectivity index (χ2n) is 4.22. The summed E-state index contributed by atoms with van der Waals surface area (Å²) in [5.74, 6) is 4.26. The molecule has 0 aliphatic carbocycles. The molecule has 1 fully saturated rings.